The summed E-state index contributed by atoms with van der Waals surface area (Å²) in [4.78, 5) is 8.68. The molecule has 0 unspecified atom stereocenters. The molecule has 0 saturated carbocycles. The van der Waals surface area contributed by atoms with E-state index in [1.807, 2.05) is 11.9 Å². The molecule has 108 valence electrons. The van der Waals surface area contributed by atoms with E-state index < -0.39 is 0 Å². The van der Waals surface area contributed by atoms with Gasteiger partial charge < -0.3 is 15.1 Å². The van der Waals surface area contributed by atoms with E-state index in [9.17, 15) is 0 Å². The number of anilines is 2. The van der Waals surface area contributed by atoms with Crippen LogP contribution in [0, 0.1) is 0 Å². The second kappa shape index (κ2) is 8.63. The molecule has 6 nitrogen and oxygen atoms in total. The van der Waals surface area contributed by atoms with Gasteiger partial charge in [0, 0.05) is 20.1 Å². The molecule has 1 aromatic heterocycles. The molecular weight excluding hydrogens is 240 g/mol. The number of rotatable bonds is 9. The number of nitrogens with zero attached hydrogens (tertiary/aromatic N) is 5. The molecule has 6 heteroatoms. The van der Waals surface area contributed by atoms with Crippen molar-refractivity contribution in [1.82, 2.24) is 20.1 Å². The molecule has 0 fully saturated rings. The van der Waals surface area contributed by atoms with E-state index in [2.05, 4.69) is 46.4 Å². The fraction of sp³-hybridized carbons (Fsp3) is 0.769. The van der Waals surface area contributed by atoms with Gasteiger partial charge in [-0.25, -0.2) is 0 Å². The van der Waals surface area contributed by atoms with Crippen LogP contribution in [0.2, 0.25) is 0 Å². The maximum atomic E-state index is 4.47. The fourth-order valence-electron chi connectivity index (χ4n) is 1.65. The molecule has 0 saturated heterocycles. The predicted octanol–water partition coefficient (Wildman–Crippen LogP) is 1.47. The number of hydrogen-bond acceptors (Lipinski definition) is 6. The summed E-state index contributed by atoms with van der Waals surface area (Å²) in [6.45, 7) is 5.10. The summed E-state index contributed by atoms with van der Waals surface area (Å²) in [5.74, 6) is 1.48. The van der Waals surface area contributed by atoms with Crippen molar-refractivity contribution in [1.29, 1.82) is 0 Å². The molecule has 0 bridgehead atoms. The van der Waals surface area contributed by atoms with Gasteiger partial charge in [0.1, 0.15) is 0 Å². The third-order valence-corrected chi connectivity index (χ3v) is 2.82. The molecule has 0 aliphatic carbocycles. The third-order valence-electron chi connectivity index (χ3n) is 2.82. The average molecular weight is 266 g/mol. The van der Waals surface area contributed by atoms with E-state index in [0.717, 1.165) is 38.3 Å². The Balaban J connectivity index is 2.43. The van der Waals surface area contributed by atoms with Crippen molar-refractivity contribution in [2.45, 2.75) is 26.2 Å². The molecule has 1 rings (SSSR count). The number of unbranched alkanes of at least 4 members (excludes halogenated alkanes) is 1. The average Bonchev–Trinajstić information content (AvgIpc) is 2.41. The molecule has 19 heavy (non-hydrogen) atoms. The van der Waals surface area contributed by atoms with Gasteiger partial charge in [-0.2, -0.15) is 10.1 Å². The van der Waals surface area contributed by atoms with E-state index >= 15 is 0 Å². The van der Waals surface area contributed by atoms with Gasteiger partial charge in [-0.3, -0.25) is 0 Å². The molecule has 0 aliphatic rings. The topological polar surface area (TPSA) is 57.2 Å². The summed E-state index contributed by atoms with van der Waals surface area (Å²) < 4.78 is 0. The number of aromatic nitrogens is 3. The molecule has 1 N–H and O–H groups in total. The molecule has 0 aliphatic heterocycles. The Labute approximate surface area is 116 Å². The van der Waals surface area contributed by atoms with Crippen LogP contribution in [0.15, 0.2) is 6.20 Å². The highest BCUT2D eigenvalue weighted by molar-refractivity contribution is 5.38. The Hall–Kier alpha value is -1.43. The van der Waals surface area contributed by atoms with E-state index in [1.165, 1.54) is 6.42 Å². The fourth-order valence-corrected chi connectivity index (χ4v) is 1.65. The lowest BCUT2D eigenvalue weighted by atomic mass is 10.3. The SMILES string of the molecule is CCCCN(C)c1nncc(NCCCN(C)C)n1. The summed E-state index contributed by atoms with van der Waals surface area (Å²) in [5, 5.41) is 11.4. The first-order valence-corrected chi connectivity index (χ1v) is 6.93. The summed E-state index contributed by atoms with van der Waals surface area (Å²) >= 11 is 0. The number of nitrogens with one attached hydrogen (secondary N) is 1. The zero-order valence-electron chi connectivity index (χ0n) is 12.6. The lowest BCUT2D eigenvalue weighted by molar-refractivity contribution is 0.405. The largest absolute Gasteiger partial charge is 0.369 e. The van der Waals surface area contributed by atoms with Crippen molar-refractivity contribution in [3.63, 3.8) is 0 Å². The molecule has 1 aromatic rings. The van der Waals surface area contributed by atoms with Crippen molar-refractivity contribution in [3.8, 4) is 0 Å². The lowest BCUT2D eigenvalue weighted by Gasteiger charge is -2.16. The van der Waals surface area contributed by atoms with Crippen LogP contribution in [0.1, 0.15) is 26.2 Å². The van der Waals surface area contributed by atoms with Crippen LogP contribution >= 0.6 is 0 Å². The number of hydrogen-bond donors (Lipinski definition) is 1. The standard InChI is InChI=1S/C13H26N6/c1-5-6-10-19(4)13-16-12(11-15-17-13)14-8-7-9-18(2)3/h11H,5-10H2,1-4H3,(H,14,16,17). The summed E-state index contributed by atoms with van der Waals surface area (Å²) in [6.07, 6.45) is 5.06. The van der Waals surface area contributed by atoms with Crippen molar-refractivity contribution in [2.75, 3.05) is 51.0 Å². The van der Waals surface area contributed by atoms with Crippen LogP contribution in [0.4, 0.5) is 11.8 Å². The molecule has 0 amide bonds. The second-order valence-electron chi connectivity index (χ2n) is 5.00. The van der Waals surface area contributed by atoms with Crippen molar-refractivity contribution in [2.24, 2.45) is 0 Å². The van der Waals surface area contributed by atoms with Crippen molar-refractivity contribution >= 4 is 11.8 Å². The van der Waals surface area contributed by atoms with Gasteiger partial charge in [-0.15, -0.1) is 5.10 Å². The minimum absolute atomic E-state index is 0.686. The second-order valence-corrected chi connectivity index (χ2v) is 5.00. The van der Waals surface area contributed by atoms with E-state index in [1.54, 1.807) is 6.20 Å². The van der Waals surface area contributed by atoms with E-state index in [-0.39, 0.29) is 0 Å². The molecule has 0 radical (unpaired) electrons. The minimum Gasteiger partial charge on any atom is -0.369 e. The van der Waals surface area contributed by atoms with Gasteiger partial charge in [0.25, 0.3) is 0 Å². The Kier molecular flexibility index (Phi) is 7.10. The van der Waals surface area contributed by atoms with Crippen molar-refractivity contribution < 1.29 is 0 Å². The molecule has 1 heterocycles. The predicted molar refractivity (Wildman–Crippen MR) is 79.7 cm³/mol. The van der Waals surface area contributed by atoms with E-state index in [4.69, 9.17) is 0 Å². The highest BCUT2D eigenvalue weighted by Crippen LogP contribution is 2.08. The molecule has 0 aromatic carbocycles. The van der Waals surface area contributed by atoms with Crippen LogP contribution in [0.5, 0.6) is 0 Å². The Bertz CT molecular complexity index is 355. The van der Waals surface area contributed by atoms with Crippen LogP contribution in [-0.2, 0) is 0 Å². The molecular formula is C13H26N6. The first kappa shape index (κ1) is 15.6. The normalized spacial score (nSPS) is 10.8. The monoisotopic (exact) mass is 266 g/mol. The van der Waals surface area contributed by atoms with Gasteiger partial charge in [-0.05, 0) is 33.5 Å². The third kappa shape index (κ3) is 6.33. The Morgan fingerprint density at radius 1 is 1.16 bits per heavy atom. The highest BCUT2D eigenvalue weighted by Gasteiger charge is 2.05. The van der Waals surface area contributed by atoms with Gasteiger partial charge >= 0.3 is 0 Å². The van der Waals surface area contributed by atoms with Crippen molar-refractivity contribution in [3.05, 3.63) is 6.20 Å². The van der Waals surface area contributed by atoms with Gasteiger partial charge in [0.05, 0.1) is 6.20 Å². The van der Waals surface area contributed by atoms with Crippen LogP contribution in [0.25, 0.3) is 0 Å². The highest BCUT2D eigenvalue weighted by atomic mass is 15.3. The first-order chi connectivity index (χ1) is 9.13. The quantitative estimate of drug-likeness (QED) is 0.683. The Morgan fingerprint density at radius 3 is 2.63 bits per heavy atom. The summed E-state index contributed by atoms with van der Waals surface area (Å²) in [5.41, 5.74) is 0. The zero-order chi connectivity index (χ0) is 14.1. The lowest BCUT2D eigenvalue weighted by Crippen LogP contribution is -2.22. The van der Waals surface area contributed by atoms with Crippen LogP contribution in [-0.4, -0.2) is 60.9 Å². The summed E-state index contributed by atoms with van der Waals surface area (Å²) in [7, 11) is 6.16. The zero-order valence-corrected chi connectivity index (χ0v) is 12.6. The minimum atomic E-state index is 0.686. The van der Waals surface area contributed by atoms with Gasteiger partial charge in [0.15, 0.2) is 5.82 Å². The maximum Gasteiger partial charge on any atom is 0.247 e. The first-order valence-electron chi connectivity index (χ1n) is 6.93. The van der Waals surface area contributed by atoms with Crippen LogP contribution < -0.4 is 10.2 Å². The molecule has 0 spiro atoms. The van der Waals surface area contributed by atoms with Crippen LogP contribution in [0.3, 0.4) is 0 Å². The smallest absolute Gasteiger partial charge is 0.247 e. The molecule has 0 atom stereocenters. The Morgan fingerprint density at radius 2 is 1.95 bits per heavy atom. The van der Waals surface area contributed by atoms with E-state index in [0.29, 0.717) is 5.95 Å². The summed E-state index contributed by atoms with van der Waals surface area (Å²) in [6, 6.07) is 0. The maximum absolute atomic E-state index is 4.47. The van der Waals surface area contributed by atoms with Gasteiger partial charge in [0.2, 0.25) is 5.95 Å². The van der Waals surface area contributed by atoms with Gasteiger partial charge in [-0.1, -0.05) is 13.3 Å².